The molecular formula is C21H21N3O3S. The van der Waals surface area contributed by atoms with Crippen molar-refractivity contribution in [1.29, 1.82) is 5.26 Å². The number of para-hydroxylation sites is 2. The minimum absolute atomic E-state index is 0.0158. The van der Waals surface area contributed by atoms with Crippen LogP contribution in [0.1, 0.15) is 36.8 Å². The Morgan fingerprint density at radius 2 is 1.68 bits per heavy atom. The van der Waals surface area contributed by atoms with Gasteiger partial charge in [0.1, 0.15) is 5.69 Å². The fourth-order valence-corrected chi connectivity index (χ4v) is 4.04. The number of benzene rings is 2. The Labute approximate surface area is 164 Å². The summed E-state index contributed by atoms with van der Waals surface area (Å²) < 4.78 is 32.2. The summed E-state index contributed by atoms with van der Waals surface area (Å²) in [6.07, 6.45) is 0.506. The largest absolute Gasteiger partial charge is 0.473 e. The monoisotopic (exact) mass is 395 g/mol. The normalized spacial score (nSPS) is 13.6. The zero-order chi connectivity index (χ0) is 20.3. The van der Waals surface area contributed by atoms with Gasteiger partial charge in [0.05, 0.1) is 28.1 Å². The van der Waals surface area contributed by atoms with E-state index in [2.05, 4.69) is 9.97 Å². The van der Waals surface area contributed by atoms with Crippen LogP contribution in [-0.4, -0.2) is 24.5 Å². The molecule has 2 atom stereocenters. The molecule has 3 rings (SSSR count). The van der Waals surface area contributed by atoms with Gasteiger partial charge in [-0.25, -0.2) is 18.4 Å². The zero-order valence-corrected chi connectivity index (χ0v) is 16.8. The van der Waals surface area contributed by atoms with E-state index < -0.39 is 15.1 Å². The number of aryl methyl sites for hydroxylation is 1. The first kappa shape index (κ1) is 19.8. The van der Waals surface area contributed by atoms with Crippen LogP contribution in [0.15, 0.2) is 53.4 Å². The molecule has 0 aliphatic rings. The van der Waals surface area contributed by atoms with Gasteiger partial charge in [-0.1, -0.05) is 36.8 Å². The number of ether oxygens (including phenoxy) is 1. The molecule has 144 valence electrons. The molecule has 0 aliphatic heterocycles. The Bertz CT molecular complexity index is 1140. The van der Waals surface area contributed by atoms with E-state index >= 15 is 0 Å². The van der Waals surface area contributed by atoms with Crippen LogP contribution in [-0.2, 0) is 9.84 Å². The molecule has 2 aromatic carbocycles. The summed E-state index contributed by atoms with van der Waals surface area (Å²) in [5.74, 6) is 0.0790. The Balaban J connectivity index is 2.19. The summed E-state index contributed by atoms with van der Waals surface area (Å²) >= 11 is 0. The average molecular weight is 395 g/mol. The van der Waals surface area contributed by atoms with Crippen molar-refractivity contribution < 1.29 is 13.2 Å². The molecule has 0 saturated heterocycles. The molecule has 0 saturated carbocycles. The summed E-state index contributed by atoms with van der Waals surface area (Å²) in [6, 6.07) is 15.4. The summed E-state index contributed by atoms with van der Waals surface area (Å²) in [5.41, 5.74) is 2.03. The van der Waals surface area contributed by atoms with Crippen LogP contribution in [0.3, 0.4) is 0 Å². The molecule has 0 bridgehead atoms. The number of hydrogen-bond donors (Lipinski definition) is 0. The van der Waals surface area contributed by atoms with Crippen molar-refractivity contribution in [2.45, 2.75) is 43.4 Å². The van der Waals surface area contributed by atoms with Gasteiger partial charge in [-0.2, -0.15) is 5.26 Å². The molecule has 1 heterocycles. The molecule has 2 unspecified atom stereocenters. The van der Waals surface area contributed by atoms with E-state index in [4.69, 9.17) is 4.74 Å². The first-order valence-corrected chi connectivity index (χ1v) is 10.5. The lowest BCUT2D eigenvalue weighted by atomic mass is 10.2. The highest BCUT2D eigenvalue weighted by atomic mass is 32.2. The summed E-state index contributed by atoms with van der Waals surface area (Å²) in [4.78, 5) is 8.97. The maximum Gasteiger partial charge on any atom is 0.239 e. The van der Waals surface area contributed by atoms with Crippen molar-refractivity contribution in [1.82, 2.24) is 9.97 Å². The van der Waals surface area contributed by atoms with Gasteiger partial charge in [-0.15, -0.1) is 0 Å². The standard InChI is InChI=1S/C21H21N3O3S/c1-4-15(3)27-21-20(23-17-7-5-6-8-18(17)24-21)19(13-22)28(25,26)16-11-9-14(2)10-12-16/h5-12,15,19H,4H2,1-3H3. The van der Waals surface area contributed by atoms with Gasteiger partial charge >= 0.3 is 0 Å². The number of rotatable bonds is 6. The fraction of sp³-hybridized carbons (Fsp3) is 0.286. The van der Waals surface area contributed by atoms with E-state index in [9.17, 15) is 13.7 Å². The van der Waals surface area contributed by atoms with Gasteiger partial charge in [0.15, 0.2) is 5.25 Å². The third kappa shape index (κ3) is 3.82. The van der Waals surface area contributed by atoms with E-state index in [1.54, 1.807) is 30.3 Å². The number of sulfone groups is 1. The van der Waals surface area contributed by atoms with Gasteiger partial charge in [-0.05, 0) is 44.5 Å². The Morgan fingerprint density at radius 1 is 1.07 bits per heavy atom. The second-order valence-electron chi connectivity index (χ2n) is 6.61. The highest BCUT2D eigenvalue weighted by Crippen LogP contribution is 2.34. The van der Waals surface area contributed by atoms with Crippen molar-refractivity contribution >= 4 is 20.9 Å². The van der Waals surface area contributed by atoms with E-state index in [0.29, 0.717) is 17.5 Å². The highest BCUT2D eigenvalue weighted by molar-refractivity contribution is 7.92. The molecule has 3 aromatic rings. The third-order valence-electron chi connectivity index (χ3n) is 4.48. The summed E-state index contributed by atoms with van der Waals surface area (Å²) in [6.45, 7) is 5.67. The second-order valence-corrected chi connectivity index (χ2v) is 8.64. The zero-order valence-electron chi connectivity index (χ0n) is 16.0. The average Bonchev–Trinajstić information content (AvgIpc) is 2.68. The van der Waals surface area contributed by atoms with Crippen LogP contribution in [0.5, 0.6) is 5.88 Å². The first-order valence-electron chi connectivity index (χ1n) is 9.00. The lowest BCUT2D eigenvalue weighted by Crippen LogP contribution is -2.19. The highest BCUT2D eigenvalue weighted by Gasteiger charge is 2.34. The predicted molar refractivity (Wildman–Crippen MR) is 107 cm³/mol. The van der Waals surface area contributed by atoms with Crippen LogP contribution in [0.4, 0.5) is 0 Å². The molecule has 0 amide bonds. The number of hydrogen-bond acceptors (Lipinski definition) is 6. The molecule has 7 heteroatoms. The van der Waals surface area contributed by atoms with Crippen LogP contribution < -0.4 is 4.74 Å². The quantitative estimate of drug-likeness (QED) is 0.622. The van der Waals surface area contributed by atoms with Crippen LogP contribution >= 0.6 is 0 Å². The molecule has 1 aromatic heterocycles. The minimum atomic E-state index is -4.00. The van der Waals surface area contributed by atoms with Crippen molar-refractivity contribution in [2.24, 2.45) is 0 Å². The third-order valence-corrected chi connectivity index (χ3v) is 6.36. The minimum Gasteiger partial charge on any atom is -0.473 e. The van der Waals surface area contributed by atoms with Gasteiger partial charge in [-0.3, -0.25) is 0 Å². The lowest BCUT2D eigenvalue weighted by Gasteiger charge is -2.18. The Morgan fingerprint density at radius 3 is 2.25 bits per heavy atom. The maximum absolute atomic E-state index is 13.2. The lowest BCUT2D eigenvalue weighted by molar-refractivity contribution is 0.206. The van der Waals surface area contributed by atoms with E-state index in [1.807, 2.05) is 32.9 Å². The van der Waals surface area contributed by atoms with Crippen molar-refractivity contribution in [3.63, 3.8) is 0 Å². The topological polar surface area (TPSA) is 92.9 Å². The molecule has 0 aliphatic carbocycles. The molecule has 6 nitrogen and oxygen atoms in total. The van der Waals surface area contributed by atoms with Crippen molar-refractivity contribution in [3.8, 4) is 11.9 Å². The predicted octanol–water partition coefficient (Wildman–Crippen LogP) is 4.15. The number of nitrogens with zero attached hydrogens (tertiary/aromatic N) is 3. The summed E-state index contributed by atoms with van der Waals surface area (Å²) in [7, 11) is -4.00. The Kier molecular flexibility index (Phi) is 5.61. The molecular weight excluding hydrogens is 374 g/mol. The van der Waals surface area contributed by atoms with Crippen molar-refractivity contribution in [2.75, 3.05) is 0 Å². The van der Waals surface area contributed by atoms with Gasteiger partial charge in [0, 0.05) is 0 Å². The van der Waals surface area contributed by atoms with Crippen LogP contribution in [0.2, 0.25) is 0 Å². The molecule has 0 fully saturated rings. The smallest absolute Gasteiger partial charge is 0.239 e. The molecule has 0 spiro atoms. The van der Waals surface area contributed by atoms with E-state index in [0.717, 1.165) is 5.56 Å². The maximum atomic E-state index is 13.2. The van der Waals surface area contributed by atoms with Gasteiger partial charge in [0.25, 0.3) is 0 Å². The van der Waals surface area contributed by atoms with Crippen LogP contribution in [0, 0.1) is 18.3 Å². The molecule has 0 radical (unpaired) electrons. The Hall–Kier alpha value is -2.98. The molecule has 0 N–H and O–H groups in total. The van der Waals surface area contributed by atoms with Gasteiger partial charge in [0.2, 0.25) is 15.7 Å². The van der Waals surface area contributed by atoms with Crippen LogP contribution in [0.25, 0.3) is 11.0 Å². The number of nitriles is 1. The summed E-state index contributed by atoms with van der Waals surface area (Å²) in [5, 5.41) is 8.24. The van der Waals surface area contributed by atoms with E-state index in [1.165, 1.54) is 12.1 Å². The SMILES string of the molecule is CCC(C)Oc1nc2ccccc2nc1C(C#N)S(=O)(=O)c1ccc(C)cc1. The second kappa shape index (κ2) is 7.95. The first-order chi connectivity index (χ1) is 13.4. The fourth-order valence-electron chi connectivity index (χ4n) is 2.67. The number of fused-ring (bicyclic) bond motifs is 1. The van der Waals surface area contributed by atoms with Gasteiger partial charge < -0.3 is 4.74 Å². The molecule has 28 heavy (non-hydrogen) atoms. The van der Waals surface area contributed by atoms with Crippen molar-refractivity contribution in [3.05, 3.63) is 59.8 Å². The number of aromatic nitrogens is 2. The van der Waals surface area contributed by atoms with E-state index in [-0.39, 0.29) is 22.6 Å².